The molecule has 1 fully saturated rings. The van der Waals surface area contributed by atoms with Gasteiger partial charge in [0, 0.05) is 44.0 Å². The zero-order valence-corrected chi connectivity index (χ0v) is 17.1. The molecule has 9 heteroatoms. The van der Waals surface area contributed by atoms with E-state index in [0.29, 0.717) is 48.1 Å². The maximum absolute atomic E-state index is 12.8. The summed E-state index contributed by atoms with van der Waals surface area (Å²) < 4.78 is 2.84. The number of rotatable bonds is 2. The summed E-state index contributed by atoms with van der Waals surface area (Å²) in [5, 5.41) is 1.42. The smallest absolute Gasteiger partial charge is 0.318 e. The Morgan fingerprint density at radius 2 is 1.80 bits per heavy atom. The first-order chi connectivity index (χ1) is 14.5. The summed E-state index contributed by atoms with van der Waals surface area (Å²) in [6.07, 6.45) is 4.70. The van der Waals surface area contributed by atoms with Gasteiger partial charge in [0.05, 0.1) is 16.1 Å². The molecule has 152 valence electrons. The number of aryl methyl sites for hydroxylation is 1. The lowest BCUT2D eigenvalue weighted by atomic mass is 10.0. The van der Waals surface area contributed by atoms with Gasteiger partial charge in [0.1, 0.15) is 0 Å². The lowest BCUT2D eigenvalue weighted by Gasteiger charge is -2.33. The minimum atomic E-state index is -0.577. The van der Waals surface area contributed by atoms with E-state index < -0.39 is 11.1 Å². The average molecular weight is 423 g/mol. The number of halogens is 1. The predicted molar refractivity (Wildman–Crippen MR) is 116 cm³/mol. The number of nitrogens with zero attached hydrogens (tertiary/aromatic N) is 6. The van der Waals surface area contributed by atoms with Crippen LogP contribution in [0.5, 0.6) is 0 Å². The van der Waals surface area contributed by atoms with E-state index in [1.54, 1.807) is 13.1 Å². The first-order valence-corrected chi connectivity index (χ1v) is 10.1. The maximum atomic E-state index is 12.8. The third-order valence-electron chi connectivity index (χ3n) is 5.70. The summed E-state index contributed by atoms with van der Waals surface area (Å²) in [6.45, 7) is 1.36. The summed E-state index contributed by atoms with van der Waals surface area (Å²) in [5.41, 5.74) is 0.797. The van der Waals surface area contributed by atoms with E-state index >= 15 is 0 Å². The van der Waals surface area contributed by atoms with E-state index in [0.717, 1.165) is 10.9 Å². The summed E-state index contributed by atoms with van der Waals surface area (Å²) in [4.78, 5) is 40.9. The van der Waals surface area contributed by atoms with Crippen molar-refractivity contribution in [2.24, 2.45) is 7.05 Å². The highest BCUT2D eigenvalue weighted by Gasteiger charge is 2.26. The van der Waals surface area contributed by atoms with Crippen molar-refractivity contribution in [3.63, 3.8) is 0 Å². The van der Waals surface area contributed by atoms with Crippen LogP contribution in [0.25, 0.3) is 22.1 Å². The summed E-state index contributed by atoms with van der Waals surface area (Å²) in [7, 11) is 1.56. The molecule has 0 aliphatic carbocycles. The molecule has 0 amide bonds. The Morgan fingerprint density at radius 1 is 1.03 bits per heavy atom. The second-order valence-electron chi connectivity index (χ2n) is 7.48. The number of fused-ring (bicyclic) bond motifs is 2. The monoisotopic (exact) mass is 422 g/mol. The van der Waals surface area contributed by atoms with Crippen LogP contribution in [0.1, 0.15) is 18.9 Å². The van der Waals surface area contributed by atoms with Crippen molar-refractivity contribution in [2.75, 3.05) is 18.0 Å². The van der Waals surface area contributed by atoms with Crippen LogP contribution in [-0.4, -0.2) is 37.2 Å². The van der Waals surface area contributed by atoms with Crippen LogP contribution in [0.4, 0.5) is 5.95 Å². The van der Waals surface area contributed by atoms with Crippen molar-refractivity contribution in [3.8, 4) is 0 Å². The van der Waals surface area contributed by atoms with Gasteiger partial charge in [-0.15, -0.1) is 0 Å². The summed E-state index contributed by atoms with van der Waals surface area (Å²) in [5.74, 6) is 0.679. The van der Waals surface area contributed by atoms with E-state index in [1.165, 1.54) is 15.3 Å². The molecular weight excluding hydrogens is 404 g/mol. The van der Waals surface area contributed by atoms with Crippen LogP contribution in [0.3, 0.4) is 0 Å². The average Bonchev–Trinajstić information content (AvgIpc) is 2.78. The Morgan fingerprint density at radius 3 is 2.60 bits per heavy atom. The van der Waals surface area contributed by atoms with Crippen molar-refractivity contribution < 1.29 is 0 Å². The molecular formula is C21H19ClN6O2. The fraction of sp³-hybridized carbons (Fsp3) is 0.286. The number of aromatic nitrogens is 5. The zero-order chi connectivity index (χ0) is 20.8. The molecule has 5 rings (SSSR count). The molecule has 8 nitrogen and oxygen atoms in total. The highest BCUT2D eigenvalue weighted by Crippen LogP contribution is 2.27. The summed E-state index contributed by atoms with van der Waals surface area (Å²) in [6, 6.07) is 9.41. The van der Waals surface area contributed by atoms with E-state index in [4.69, 9.17) is 11.6 Å². The van der Waals surface area contributed by atoms with Gasteiger partial charge >= 0.3 is 11.1 Å². The van der Waals surface area contributed by atoms with Crippen LogP contribution in [0.2, 0.25) is 5.02 Å². The molecule has 1 saturated heterocycles. The van der Waals surface area contributed by atoms with Crippen LogP contribution < -0.4 is 16.0 Å². The number of anilines is 1. The molecule has 0 unspecified atom stereocenters. The number of piperidine rings is 1. The number of hydrogen-bond donors (Lipinski definition) is 0. The van der Waals surface area contributed by atoms with Gasteiger partial charge in [-0.3, -0.25) is 14.2 Å². The van der Waals surface area contributed by atoms with Crippen molar-refractivity contribution in [3.05, 3.63) is 68.5 Å². The Hall–Kier alpha value is -3.26. The Labute approximate surface area is 176 Å². The van der Waals surface area contributed by atoms with Crippen molar-refractivity contribution in [2.45, 2.75) is 18.9 Å². The van der Waals surface area contributed by atoms with Gasteiger partial charge in [-0.05, 0) is 25.0 Å². The molecule has 1 aliphatic rings. The molecule has 4 aromatic rings. The topological polar surface area (TPSA) is 85.9 Å². The molecule has 1 aliphatic heterocycles. The first-order valence-electron chi connectivity index (χ1n) is 9.76. The highest BCUT2D eigenvalue weighted by molar-refractivity contribution is 6.31. The fourth-order valence-corrected chi connectivity index (χ4v) is 4.24. The van der Waals surface area contributed by atoms with Crippen molar-refractivity contribution in [1.29, 1.82) is 0 Å². The van der Waals surface area contributed by atoms with E-state index in [1.807, 2.05) is 30.5 Å². The Kier molecular flexibility index (Phi) is 4.51. The molecule has 0 N–H and O–H groups in total. The highest BCUT2D eigenvalue weighted by atomic mass is 35.5. The van der Waals surface area contributed by atoms with Gasteiger partial charge in [-0.25, -0.2) is 15.0 Å². The number of benzene rings is 1. The Bertz CT molecular complexity index is 1390. The normalized spacial score (nSPS) is 15.2. The number of hydrogen-bond acceptors (Lipinski definition) is 6. The molecule has 0 atom stereocenters. The predicted octanol–water partition coefficient (Wildman–Crippen LogP) is 2.53. The van der Waals surface area contributed by atoms with Gasteiger partial charge in [0.2, 0.25) is 5.95 Å². The standard InChI is InChI=1S/C21H19ClN6O2/c1-26-17-10-14(22)12-23-18(17)28(20(30)19(26)29)15-6-8-27(9-7-15)21-24-11-13-4-2-3-5-16(13)25-21/h2-5,10-12,15H,6-9H2,1H3. The van der Waals surface area contributed by atoms with E-state index in [-0.39, 0.29) is 6.04 Å². The van der Waals surface area contributed by atoms with Gasteiger partial charge in [-0.2, -0.15) is 0 Å². The van der Waals surface area contributed by atoms with Crippen LogP contribution >= 0.6 is 11.6 Å². The molecule has 0 saturated carbocycles. The van der Waals surface area contributed by atoms with Crippen LogP contribution in [0.15, 0.2) is 52.3 Å². The molecule has 3 aromatic heterocycles. The fourth-order valence-electron chi connectivity index (χ4n) is 4.08. The zero-order valence-electron chi connectivity index (χ0n) is 16.3. The van der Waals surface area contributed by atoms with Gasteiger partial charge in [0.15, 0.2) is 5.65 Å². The van der Waals surface area contributed by atoms with Gasteiger partial charge < -0.3 is 9.47 Å². The van der Waals surface area contributed by atoms with Crippen LogP contribution in [-0.2, 0) is 7.05 Å². The van der Waals surface area contributed by atoms with E-state index in [2.05, 4.69) is 19.9 Å². The maximum Gasteiger partial charge on any atom is 0.318 e. The molecule has 0 spiro atoms. The second kappa shape index (κ2) is 7.21. The quantitative estimate of drug-likeness (QED) is 0.461. The number of pyridine rings is 1. The van der Waals surface area contributed by atoms with Gasteiger partial charge in [-0.1, -0.05) is 29.8 Å². The number of para-hydroxylation sites is 1. The summed E-state index contributed by atoms with van der Waals surface area (Å²) >= 11 is 6.06. The molecule has 0 bridgehead atoms. The first kappa shape index (κ1) is 18.7. The third kappa shape index (κ3) is 3.04. The lowest BCUT2D eigenvalue weighted by molar-refractivity contribution is 0.389. The van der Waals surface area contributed by atoms with Crippen LogP contribution in [0, 0.1) is 0 Å². The minimum absolute atomic E-state index is 0.126. The van der Waals surface area contributed by atoms with Gasteiger partial charge in [0.25, 0.3) is 0 Å². The molecule has 4 heterocycles. The molecule has 0 radical (unpaired) electrons. The lowest BCUT2D eigenvalue weighted by Crippen LogP contribution is -2.45. The van der Waals surface area contributed by atoms with E-state index in [9.17, 15) is 9.59 Å². The SMILES string of the molecule is Cn1c(=O)c(=O)n(C2CCN(c3ncc4ccccc4n3)CC2)c2ncc(Cl)cc21. The third-order valence-corrected chi connectivity index (χ3v) is 5.91. The minimum Gasteiger partial charge on any atom is -0.341 e. The Balaban J connectivity index is 1.47. The van der Waals surface area contributed by atoms with Crippen molar-refractivity contribution >= 4 is 39.6 Å². The second-order valence-corrected chi connectivity index (χ2v) is 7.92. The molecule has 30 heavy (non-hydrogen) atoms. The van der Waals surface area contributed by atoms with Crippen molar-refractivity contribution in [1.82, 2.24) is 24.1 Å². The molecule has 1 aromatic carbocycles. The largest absolute Gasteiger partial charge is 0.341 e.